The molecule has 8 heteroatoms. The Morgan fingerprint density at radius 3 is 2.35 bits per heavy atom. The van der Waals surface area contributed by atoms with Crippen LogP contribution >= 0.6 is 0 Å². The summed E-state index contributed by atoms with van der Waals surface area (Å²) in [5.74, 6) is -0.108. The van der Waals surface area contributed by atoms with Crippen LogP contribution in [0.15, 0.2) is 77.3 Å². The summed E-state index contributed by atoms with van der Waals surface area (Å²) in [4.78, 5) is 27.2. The van der Waals surface area contributed by atoms with Gasteiger partial charge in [-0.1, -0.05) is 38.0 Å². The summed E-state index contributed by atoms with van der Waals surface area (Å²) in [5.41, 5.74) is 4.11. The third-order valence-corrected chi connectivity index (χ3v) is 6.06. The first-order chi connectivity index (χ1) is 18.0. The summed E-state index contributed by atoms with van der Waals surface area (Å²) >= 11 is 0. The van der Waals surface area contributed by atoms with Gasteiger partial charge < -0.3 is 14.8 Å². The minimum Gasteiger partial charge on any atom is -0.481 e. The van der Waals surface area contributed by atoms with Crippen LogP contribution in [-0.2, 0) is 4.79 Å². The number of pyridine rings is 1. The van der Waals surface area contributed by atoms with Crippen LogP contribution in [0.3, 0.4) is 0 Å². The summed E-state index contributed by atoms with van der Waals surface area (Å²) in [6, 6.07) is 21.1. The van der Waals surface area contributed by atoms with Gasteiger partial charge >= 0.3 is 5.97 Å². The highest BCUT2D eigenvalue weighted by Gasteiger charge is 2.15. The van der Waals surface area contributed by atoms with Gasteiger partial charge in [0.25, 0.3) is 5.89 Å². The molecular weight excluding hydrogens is 468 g/mol. The standard InChI is InChI=1S/C29H30N4O4/c1-2-3-7-24(31-23-17-15-21(16-18-23)26(34)9-6-10-27(35)36)20-11-13-22(14-12-20)28-32-33-29(37-28)25-8-4-5-19-30-25/h4-5,8,11-19,24,31H,2-3,6-7,9-10H2,1H3,(H,35,36)/t24-/m0/s1. The van der Waals surface area contributed by atoms with Gasteiger partial charge in [0, 0.05) is 35.9 Å². The predicted molar refractivity (Wildman–Crippen MR) is 141 cm³/mol. The van der Waals surface area contributed by atoms with Crippen LogP contribution in [0.2, 0.25) is 0 Å². The summed E-state index contributed by atoms with van der Waals surface area (Å²) in [5, 5.41) is 20.6. The van der Waals surface area contributed by atoms with E-state index in [0.29, 0.717) is 29.5 Å². The maximum Gasteiger partial charge on any atom is 0.303 e. The molecule has 2 aromatic carbocycles. The number of carboxylic acids is 1. The van der Waals surface area contributed by atoms with Crippen molar-refractivity contribution in [1.29, 1.82) is 0 Å². The van der Waals surface area contributed by atoms with Crippen molar-refractivity contribution in [3.8, 4) is 23.0 Å². The maximum atomic E-state index is 12.3. The second-order valence-electron chi connectivity index (χ2n) is 8.84. The van der Waals surface area contributed by atoms with Crippen molar-refractivity contribution in [2.75, 3.05) is 5.32 Å². The van der Waals surface area contributed by atoms with E-state index in [2.05, 4.69) is 39.6 Å². The fraction of sp³-hybridized carbons (Fsp3) is 0.276. The van der Waals surface area contributed by atoms with Crippen LogP contribution < -0.4 is 5.32 Å². The zero-order chi connectivity index (χ0) is 26.0. The minimum atomic E-state index is -0.884. The number of hydrogen-bond acceptors (Lipinski definition) is 7. The van der Waals surface area contributed by atoms with Crippen LogP contribution in [0.1, 0.15) is 67.4 Å². The minimum absolute atomic E-state index is 0.00116. The normalized spacial score (nSPS) is 11.7. The molecule has 0 amide bonds. The number of unbranched alkanes of at least 4 members (excludes halogenated alkanes) is 1. The molecule has 0 saturated carbocycles. The molecule has 0 spiro atoms. The van der Waals surface area contributed by atoms with Crippen molar-refractivity contribution in [2.45, 2.75) is 51.5 Å². The monoisotopic (exact) mass is 498 g/mol. The van der Waals surface area contributed by atoms with Gasteiger partial charge in [0.2, 0.25) is 5.89 Å². The molecule has 0 aliphatic rings. The molecule has 2 heterocycles. The number of benzene rings is 2. The molecule has 2 N–H and O–H groups in total. The Balaban J connectivity index is 1.43. The molecule has 37 heavy (non-hydrogen) atoms. The fourth-order valence-electron chi connectivity index (χ4n) is 4.02. The van der Waals surface area contributed by atoms with Gasteiger partial charge in [-0.3, -0.25) is 14.6 Å². The molecule has 8 nitrogen and oxygen atoms in total. The SMILES string of the molecule is CCCC[C@H](Nc1ccc(C(=O)CCCC(=O)O)cc1)c1ccc(-c2nnc(-c3ccccn3)o2)cc1. The Kier molecular flexibility index (Phi) is 8.75. The Bertz CT molecular complexity index is 1300. The van der Waals surface area contributed by atoms with Crippen molar-refractivity contribution in [2.24, 2.45) is 0 Å². The number of nitrogens with one attached hydrogen (secondary N) is 1. The van der Waals surface area contributed by atoms with E-state index < -0.39 is 5.97 Å². The first kappa shape index (κ1) is 25.8. The number of aromatic nitrogens is 3. The van der Waals surface area contributed by atoms with Gasteiger partial charge in [-0.15, -0.1) is 10.2 Å². The Morgan fingerprint density at radius 1 is 0.919 bits per heavy atom. The molecule has 0 fully saturated rings. The highest BCUT2D eigenvalue weighted by Crippen LogP contribution is 2.28. The predicted octanol–water partition coefficient (Wildman–Crippen LogP) is 6.58. The van der Waals surface area contributed by atoms with Crippen LogP contribution in [0, 0.1) is 0 Å². The molecule has 0 aliphatic heterocycles. The first-order valence-electron chi connectivity index (χ1n) is 12.5. The molecule has 0 aliphatic carbocycles. The number of nitrogens with zero attached hydrogens (tertiary/aromatic N) is 3. The van der Waals surface area contributed by atoms with Crippen molar-refractivity contribution in [3.05, 3.63) is 84.1 Å². The zero-order valence-corrected chi connectivity index (χ0v) is 20.8. The Hall–Kier alpha value is -4.33. The average Bonchev–Trinajstić information content (AvgIpc) is 3.42. The van der Waals surface area contributed by atoms with E-state index in [9.17, 15) is 9.59 Å². The van der Waals surface area contributed by atoms with Crippen LogP contribution in [-0.4, -0.2) is 32.0 Å². The molecule has 2 aromatic heterocycles. The molecule has 190 valence electrons. The third-order valence-electron chi connectivity index (χ3n) is 6.06. The lowest BCUT2D eigenvalue weighted by molar-refractivity contribution is -0.137. The fourth-order valence-corrected chi connectivity index (χ4v) is 4.02. The molecule has 0 radical (unpaired) electrons. The van der Waals surface area contributed by atoms with E-state index in [4.69, 9.17) is 9.52 Å². The Labute approximate surface area is 215 Å². The number of carboxylic acid groups (broad SMARTS) is 1. The average molecular weight is 499 g/mol. The van der Waals surface area contributed by atoms with Crippen molar-refractivity contribution in [3.63, 3.8) is 0 Å². The molecule has 1 atom stereocenters. The van der Waals surface area contributed by atoms with E-state index >= 15 is 0 Å². The van der Waals surface area contributed by atoms with Gasteiger partial charge in [0.15, 0.2) is 5.78 Å². The van der Waals surface area contributed by atoms with Crippen LogP contribution in [0.5, 0.6) is 0 Å². The van der Waals surface area contributed by atoms with Crippen molar-refractivity contribution in [1.82, 2.24) is 15.2 Å². The second kappa shape index (κ2) is 12.6. The number of hydrogen-bond donors (Lipinski definition) is 2. The molecule has 0 unspecified atom stereocenters. The highest BCUT2D eigenvalue weighted by atomic mass is 16.4. The zero-order valence-electron chi connectivity index (χ0n) is 20.8. The second-order valence-corrected chi connectivity index (χ2v) is 8.84. The van der Waals surface area contributed by atoms with Crippen LogP contribution in [0.4, 0.5) is 5.69 Å². The lowest BCUT2D eigenvalue weighted by Gasteiger charge is -2.21. The number of aliphatic carboxylic acids is 1. The lowest BCUT2D eigenvalue weighted by atomic mass is 9.99. The van der Waals surface area contributed by atoms with E-state index in [1.807, 2.05) is 42.5 Å². The van der Waals surface area contributed by atoms with Crippen LogP contribution in [0.25, 0.3) is 23.0 Å². The topological polar surface area (TPSA) is 118 Å². The van der Waals surface area contributed by atoms with Gasteiger partial charge in [0.05, 0.1) is 6.04 Å². The number of ketones is 1. The summed E-state index contributed by atoms with van der Waals surface area (Å²) in [6.07, 6.45) is 5.36. The number of carbonyl (C=O) groups is 2. The van der Waals surface area contributed by atoms with Crippen molar-refractivity contribution < 1.29 is 19.1 Å². The molecular formula is C29H30N4O4. The van der Waals surface area contributed by atoms with E-state index in [1.165, 1.54) is 0 Å². The third kappa shape index (κ3) is 7.10. The number of carbonyl (C=O) groups excluding carboxylic acids is 1. The van der Waals surface area contributed by atoms with Gasteiger partial charge in [-0.2, -0.15) is 0 Å². The van der Waals surface area contributed by atoms with E-state index in [1.54, 1.807) is 18.3 Å². The summed E-state index contributed by atoms with van der Waals surface area (Å²) in [6.45, 7) is 2.17. The van der Waals surface area contributed by atoms with Crippen molar-refractivity contribution >= 4 is 17.4 Å². The quantitative estimate of drug-likeness (QED) is 0.198. The smallest absolute Gasteiger partial charge is 0.303 e. The molecule has 0 bridgehead atoms. The molecule has 4 aromatic rings. The number of anilines is 1. The maximum absolute atomic E-state index is 12.3. The first-order valence-corrected chi connectivity index (χ1v) is 12.5. The number of Topliss-reactive ketones (excluding diaryl/α,β-unsaturated/α-hetero) is 1. The van der Waals surface area contributed by atoms with Gasteiger partial charge in [-0.25, -0.2) is 0 Å². The summed E-state index contributed by atoms with van der Waals surface area (Å²) < 4.78 is 5.83. The molecule has 0 saturated heterocycles. The largest absolute Gasteiger partial charge is 0.481 e. The lowest BCUT2D eigenvalue weighted by Crippen LogP contribution is -2.11. The summed E-state index contributed by atoms with van der Waals surface area (Å²) in [7, 11) is 0. The number of rotatable bonds is 13. The molecule has 4 rings (SSSR count). The van der Waals surface area contributed by atoms with Gasteiger partial charge in [0.1, 0.15) is 5.69 Å². The highest BCUT2D eigenvalue weighted by molar-refractivity contribution is 5.96. The van der Waals surface area contributed by atoms with Gasteiger partial charge in [-0.05, 0) is 66.9 Å². The van der Waals surface area contributed by atoms with E-state index in [0.717, 1.165) is 36.1 Å². The van der Waals surface area contributed by atoms with E-state index in [-0.39, 0.29) is 24.7 Å². The Morgan fingerprint density at radius 2 is 1.68 bits per heavy atom.